The largest absolute Gasteiger partial charge is 0.481 e. The van der Waals surface area contributed by atoms with Gasteiger partial charge in [-0.15, -0.1) is 0 Å². The second-order valence-corrected chi connectivity index (χ2v) is 10.5. The maximum Gasteiger partial charge on any atom is 0.408 e. The average molecular weight is 564 g/mol. The third-order valence-electron chi connectivity index (χ3n) is 7.73. The lowest BCUT2D eigenvalue weighted by atomic mass is 9.96. The third-order valence-corrected chi connectivity index (χ3v) is 7.73. The van der Waals surface area contributed by atoms with Gasteiger partial charge in [0.2, 0.25) is 5.91 Å². The number of alkyl halides is 2. The minimum absolute atomic E-state index is 0.0178. The number of rotatable bonds is 10. The van der Waals surface area contributed by atoms with Crippen molar-refractivity contribution in [3.63, 3.8) is 0 Å². The lowest BCUT2D eigenvalue weighted by Gasteiger charge is -2.31. The first-order chi connectivity index (χ1) is 19.8. The van der Waals surface area contributed by atoms with Crippen molar-refractivity contribution in [3.05, 3.63) is 95.6 Å². The number of carboxylic acid groups (broad SMARTS) is 1. The van der Waals surface area contributed by atoms with Crippen LogP contribution < -0.4 is 10.6 Å². The highest BCUT2D eigenvalue weighted by Crippen LogP contribution is 2.44. The molecule has 1 fully saturated rings. The molecule has 0 saturated carbocycles. The normalized spacial score (nSPS) is 18.9. The van der Waals surface area contributed by atoms with Gasteiger partial charge in [-0.2, -0.15) is 0 Å². The fraction of sp³-hybridized carbons (Fsp3) is 0.323. The number of halogens is 2. The monoisotopic (exact) mass is 563 g/mol. The molecule has 214 valence electrons. The molecule has 1 heterocycles. The van der Waals surface area contributed by atoms with Gasteiger partial charge in [-0.25, -0.2) is 13.6 Å². The van der Waals surface area contributed by atoms with E-state index in [1.54, 1.807) is 0 Å². The number of hydrogen-bond donors (Lipinski definition) is 3. The number of ether oxygens (including phenoxy) is 1. The van der Waals surface area contributed by atoms with Gasteiger partial charge in [0, 0.05) is 25.6 Å². The summed E-state index contributed by atoms with van der Waals surface area (Å²) in [5, 5.41) is 13.9. The Kier molecular flexibility index (Phi) is 8.30. The SMILES string of the molecule is O=C(O)CC(NC(=O)C1(NC(=O)OCC2c3ccccc3-c3ccccc32)CCN(Cc2ccccc2)C1)C(F)F. The van der Waals surface area contributed by atoms with Gasteiger partial charge in [0.05, 0.1) is 6.42 Å². The molecule has 0 spiro atoms. The first-order valence-corrected chi connectivity index (χ1v) is 13.5. The second kappa shape index (κ2) is 12.1. The van der Waals surface area contributed by atoms with Crippen LogP contribution in [-0.4, -0.2) is 65.7 Å². The summed E-state index contributed by atoms with van der Waals surface area (Å²) in [5.74, 6) is -2.53. The number of aliphatic carboxylic acids is 1. The van der Waals surface area contributed by atoms with E-state index in [9.17, 15) is 23.2 Å². The van der Waals surface area contributed by atoms with Gasteiger partial charge in [0.25, 0.3) is 6.43 Å². The van der Waals surface area contributed by atoms with Gasteiger partial charge in [-0.05, 0) is 34.2 Å². The summed E-state index contributed by atoms with van der Waals surface area (Å²) in [5.41, 5.74) is 3.59. The van der Waals surface area contributed by atoms with E-state index in [-0.39, 0.29) is 25.5 Å². The van der Waals surface area contributed by atoms with Crippen molar-refractivity contribution in [2.75, 3.05) is 19.7 Å². The first kappa shape index (κ1) is 28.2. The highest BCUT2D eigenvalue weighted by molar-refractivity contribution is 5.91. The zero-order valence-electron chi connectivity index (χ0n) is 22.3. The number of carboxylic acids is 1. The molecule has 0 radical (unpaired) electrons. The van der Waals surface area contributed by atoms with E-state index in [1.165, 1.54) is 0 Å². The Balaban J connectivity index is 1.32. The highest BCUT2D eigenvalue weighted by Gasteiger charge is 2.47. The van der Waals surface area contributed by atoms with E-state index in [4.69, 9.17) is 9.84 Å². The van der Waals surface area contributed by atoms with Crippen LogP contribution >= 0.6 is 0 Å². The summed E-state index contributed by atoms with van der Waals surface area (Å²) in [7, 11) is 0. The number of nitrogens with one attached hydrogen (secondary N) is 2. The molecule has 1 saturated heterocycles. The Morgan fingerprint density at radius 2 is 1.56 bits per heavy atom. The van der Waals surface area contributed by atoms with Crippen molar-refractivity contribution in [1.29, 1.82) is 0 Å². The summed E-state index contributed by atoms with van der Waals surface area (Å²) in [6.07, 6.45) is -4.75. The molecule has 2 aliphatic rings. The summed E-state index contributed by atoms with van der Waals surface area (Å²) in [4.78, 5) is 39.7. The molecule has 8 nitrogen and oxygen atoms in total. The number of hydrogen-bond acceptors (Lipinski definition) is 5. The molecule has 3 N–H and O–H groups in total. The van der Waals surface area contributed by atoms with Crippen molar-refractivity contribution in [2.24, 2.45) is 0 Å². The molecule has 5 rings (SSSR count). The highest BCUT2D eigenvalue weighted by atomic mass is 19.3. The standard InChI is InChI=1S/C31H31F2N3O5/c32-28(33)26(16-27(37)38)34-29(39)31(14-15-36(19-31)17-20-8-2-1-3-9-20)35-30(40)41-18-25-23-12-6-4-10-21(23)22-11-5-7-13-24(22)25/h1-13,25-26,28H,14-19H2,(H,34,39)(H,35,40)(H,37,38). The zero-order valence-corrected chi connectivity index (χ0v) is 22.3. The van der Waals surface area contributed by atoms with Gasteiger partial charge in [-0.3, -0.25) is 14.5 Å². The maximum absolute atomic E-state index is 13.6. The number of carbonyl (C=O) groups excluding carboxylic acids is 2. The zero-order chi connectivity index (χ0) is 29.0. The predicted octanol–water partition coefficient (Wildman–Crippen LogP) is 4.39. The molecule has 0 bridgehead atoms. The van der Waals surface area contributed by atoms with Crippen LogP contribution in [0.15, 0.2) is 78.9 Å². The first-order valence-electron chi connectivity index (χ1n) is 13.5. The van der Waals surface area contributed by atoms with Crippen molar-refractivity contribution >= 4 is 18.0 Å². The molecule has 3 aromatic rings. The predicted molar refractivity (Wildman–Crippen MR) is 147 cm³/mol. The Morgan fingerprint density at radius 3 is 2.17 bits per heavy atom. The molecule has 2 atom stereocenters. The van der Waals surface area contributed by atoms with Crippen LogP contribution in [0.25, 0.3) is 11.1 Å². The van der Waals surface area contributed by atoms with E-state index in [1.807, 2.05) is 83.8 Å². The number of alkyl carbamates (subject to hydrolysis) is 1. The molecule has 10 heteroatoms. The molecule has 1 aliphatic heterocycles. The van der Waals surface area contributed by atoms with Crippen LogP contribution in [0.4, 0.5) is 13.6 Å². The minimum Gasteiger partial charge on any atom is -0.481 e. The number of likely N-dealkylation sites (tertiary alicyclic amines) is 1. The Labute approximate surface area is 236 Å². The van der Waals surface area contributed by atoms with Crippen molar-refractivity contribution < 1.29 is 33.0 Å². The van der Waals surface area contributed by atoms with Crippen LogP contribution in [0.1, 0.15) is 35.4 Å². The van der Waals surface area contributed by atoms with Gasteiger partial charge in [0.1, 0.15) is 18.2 Å². The van der Waals surface area contributed by atoms with E-state index < -0.39 is 42.4 Å². The van der Waals surface area contributed by atoms with E-state index in [2.05, 4.69) is 10.6 Å². The summed E-state index contributed by atoms with van der Waals surface area (Å²) >= 11 is 0. The average Bonchev–Trinajstić information content (AvgIpc) is 3.51. The molecule has 41 heavy (non-hydrogen) atoms. The van der Waals surface area contributed by atoms with Crippen LogP contribution in [0.2, 0.25) is 0 Å². The van der Waals surface area contributed by atoms with Crippen LogP contribution in [0, 0.1) is 0 Å². The fourth-order valence-corrected chi connectivity index (χ4v) is 5.74. The van der Waals surface area contributed by atoms with Crippen LogP contribution in [-0.2, 0) is 20.9 Å². The Morgan fingerprint density at radius 1 is 0.951 bits per heavy atom. The number of nitrogens with zero attached hydrogens (tertiary/aromatic N) is 1. The molecule has 2 unspecified atom stereocenters. The van der Waals surface area contributed by atoms with Gasteiger partial charge < -0.3 is 20.5 Å². The second-order valence-electron chi connectivity index (χ2n) is 10.5. The lowest BCUT2D eigenvalue weighted by molar-refractivity contribution is -0.139. The van der Waals surface area contributed by atoms with Gasteiger partial charge in [-0.1, -0.05) is 78.9 Å². The topological polar surface area (TPSA) is 108 Å². The Bertz CT molecular complexity index is 1370. The molecule has 3 aromatic carbocycles. The maximum atomic E-state index is 13.6. The van der Waals surface area contributed by atoms with Crippen LogP contribution in [0.3, 0.4) is 0 Å². The van der Waals surface area contributed by atoms with Crippen molar-refractivity contribution in [2.45, 2.75) is 43.3 Å². The molecule has 2 amide bonds. The van der Waals surface area contributed by atoms with Crippen LogP contribution in [0.5, 0.6) is 0 Å². The minimum atomic E-state index is -3.09. The van der Waals surface area contributed by atoms with Crippen molar-refractivity contribution in [1.82, 2.24) is 15.5 Å². The lowest BCUT2D eigenvalue weighted by Crippen LogP contribution is -2.62. The summed E-state index contributed by atoms with van der Waals surface area (Å²) in [6.45, 7) is 0.949. The number of fused-ring (bicyclic) bond motifs is 3. The molecule has 1 aliphatic carbocycles. The van der Waals surface area contributed by atoms with Crippen molar-refractivity contribution in [3.8, 4) is 11.1 Å². The Hall–Kier alpha value is -4.31. The molecule has 0 aromatic heterocycles. The van der Waals surface area contributed by atoms with E-state index >= 15 is 0 Å². The third kappa shape index (κ3) is 6.22. The summed E-state index contributed by atoms with van der Waals surface area (Å²) < 4.78 is 32.8. The number of amides is 2. The number of benzene rings is 3. The summed E-state index contributed by atoms with van der Waals surface area (Å²) in [6, 6.07) is 23.4. The smallest absolute Gasteiger partial charge is 0.408 e. The van der Waals surface area contributed by atoms with E-state index in [0.29, 0.717) is 13.1 Å². The molecular weight excluding hydrogens is 532 g/mol. The number of carbonyl (C=O) groups is 3. The van der Waals surface area contributed by atoms with E-state index in [0.717, 1.165) is 27.8 Å². The van der Waals surface area contributed by atoms with Gasteiger partial charge in [0.15, 0.2) is 0 Å². The quantitative estimate of drug-likeness (QED) is 0.338. The van der Waals surface area contributed by atoms with Gasteiger partial charge >= 0.3 is 12.1 Å². The molecular formula is C31H31F2N3O5. The fourth-order valence-electron chi connectivity index (χ4n) is 5.74.